The zero-order chi connectivity index (χ0) is 13.2. The van der Waals surface area contributed by atoms with Gasteiger partial charge in [-0.25, -0.2) is 4.39 Å². The summed E-state index contributed by atoms with van der Waals surface area (Å²) < 4.78 is 15.0. The largest absolute Gasteiger partial charge is 0.320 e. The molecule has 100 valence electrons. The normalized spacial score (nSPS) is 22.2. The molecule has 1 aromatic carbocycles. The van der Waals surface area contributed by atoms with Gasteiger partial charge in [-0.05, 0) is 36.5 Å². The van der Waals surface area contributed by atoms with E-state index in [1.54, 1.807) is 18.5 Å². The molecule has 0 saturated heterocycles. The Morgan fingerprint density at radius 3 is 2.95 bits per heavy atom. The average Bonchev–Trinajstić information content (AvgIpc) is 2.73. The van der Waals surface area contributed by atoms with E-state index in [-0.39, 0.29) is 5.82 Å². The second kappa shape index (κ2) is 5.09. The highest BCUT2D eigenvalue weighted by atomic mass is 19.1. The van der Waals surface area contributed by atoms with E-state index in [0.29, 0.717) is 12.0 Å². The summed E-state index contributed by atoms with van der Waals surface area (Å²) in [6, 6.07) is 7.41. The first-order valence-electron chi connectivity index (χ1n) is 6.54. The highest BCUT2D eigenvalue weighted by molar-refractivity contribution is 5.23. The highest BCUT2D eigenvalue weighted by Crippen LogP contribution is 2.37. The van der Waals surface area contributed by atoms with Crippen LogP contribution in [0.1, 0.15) is 30.1 Å². The van der Waals surface area contributed by atoms with Crippen LogP contribution >= 0.6 is 0 Å². The second-order valence-electron chi connectivity index (χ2n) is 5.16. The third kappa shape index (κ3) is 2.66. The Labute approximate surface area is 111 Å². The van der Waals surface area contributed by atoms with Gasteiger partial charge in [0.2, 0.25) is 0 Å². The smallest absolute Gasteiger partial charge is 0.146 e. The summed E-state index contributed by atoms with van der Waals surface area (Å²) in [5.74, 6) is 1.27. The van der Waals surface area contributed by atoms with Gasteiger partial charge >= 0.3 is 0 Å². The third-order valence-electron chi connectivity index (χ3n) is 3.81. The number of hydrogen-bond acceptors (Lipinski definition) is 3. The Hall–Kier alpha value is -1.75. The van der Waals surface area contributed by atoms with Gasteiger partial charge in [0, 0.05) is 13.1 Å². The van der Waals surface area contributed by atoms with Crippen LogP contribution in [0.5, 0.6) is 0 Å². The van der Waals surface area contributed by atoms with Crippen LogP contribution in [0.3, 0.4) is 0 Å². The van der Waals surface area contributed by atoms with Crippen molar-refractivity contribution in [2.75, 3.05) is 0 Å². The van der Waals surface area contributed by atoms with E-state index >= 15 is 0 Å². The summed E-state index contributed by atoms with van der Waals surface area (Å²) in [5.41, 5.74) is 1.11. The molecule has 0 amide bonds. The van der Waals surface area contributed by atoms with Crippen molar-refractivity contribution in [2.45, 2.75) is 31.3 Å². The van der Waals surface area contributed by atoms with Gasteiger partial charge in [-0.3, -0.25) is 0 Å². The molecule has 0 radical (unpaired) electrons. The number of aryl methyl sites for hydroxylation is 1. The van der Waals surface area contributed by atoms with Gasteiger partial charge in [0.05, 0.1) is 6.54 Å². The minimum Gasteiger partial charge on any atom is -0.320 e. The number of nitrogens with one attached hydrogen (secondary N) is 1. The molecular formula is C14H17FN4. The maximum Gasteiger partial charge on any atom is 0.146 e. The lowest BCUT2D eigenvalue weighted by Crippen LogP contribution is -2.40. The maximum atomic E-state index is 13.1. The van der Waals surface area contributed by atoms with Crippen LogP contribution in [-0.4, -0.2) is 20.8 Å². The lowest BCUT2D eigenvalue weighted by molar-refractivity contribution is 0.286. The summed E-state index contributed by atoms with van der Waals surface area (Å²) in [6.07, 6.45) is 3.82. The molecule has 0 bridgehead atoms. The molecule has 19 heavy (non-hydrogen) atoms. The molecule has 1 heterocycles. The number of aromatic nitrogens is 3. The van der Waals surface area contributed by atoms with Gasteiger partial charge in [0.15, 0.2) is 0 Å². The molecule has 2 aromatic rings. The quantitative estimate of drug-likeness (QED) is 0.914. The van der Waals surface area contributed by atoms with Crippen molar-refractivity contribution < 1.29 is 4.39 Å². The molecule has 0 aliphatic heterocycles. The molecule has 0 spiro atoms. The molecule has 0 atom stereocenters. The fourth-order valence-corrected chi connectivity index (χ4v) is 2.52. The van der Waals surface area contributed by atoms with E-state index in [1.165, 1.54) is 6.07 Å². The van der Waals surface area contributed by atoms with Crippen LogP contribution in [0, 0.1) is 5.82 Å². The van der Waals surface area contributed by atoms with Crippen LogP contribution in [-0.2, 0) is 13.6 Å². The van der Waals surface area contributed by atoms with Crippen molar-refractivity contribution in [1.82, 2.24) is 20.1 Å². The Morgan fingerprint density at radius 2 is 2.26 bits per heavy atom. The Balaban J connectivity index is 1.49. The molecule has 5 heteroatoms. The van der Waals surface area contributed by atoms with Crippen molar-refractivity contribution in [3.05, 3.63) is 47.8 Å². The molecule has 1 fully saturated rings. The van der Waals surface area contributed by atoms with E-state index < -0.39 is 0 Å². The van der Waals surface area contributed by atoms with Crippen LogP contribution in [0.2, 0.25) is 0 Å². The summed E-state index contributed by atoms with van der Waals surface area (Å²) in [6.45, 7) is 0.733. The van der Waals surface area contributed by atoms with Crippen LogP contribution < -0.4 is 5.32 Å². The average molecular weight is 260 g/mol. The monoisotopic (exact) mass is 260 g/mol. The van der Waals surface area contributed by atoms with Crippen LogP contribution in [0.25, 0.3) is 0 Å². The van der Waals surface area contributed by atoms with E-state index in [1.807, 2.05) is 17.7 Å². The Kier molecular flexibility index (Phi) is 3.29. The Bertz CT molecular complexity index is 560. The topological polar surface area (TPSA) is 42.7 Å². The number of benzene rings is 1. The summed E-state index contributed by atoms with van der Waals surface area (Å²) >= 11 is 0. The van der Waals surface area contributed by atoms with E-state index in [4.69, 9.17) is 0 Å². The first-order valence-corrected chi connectivity index (χ1v) is 6.54. The van der Waals surface area contributed by atoms with Gasteiger partial charge in [0.1, 0.15) is 18.0 Å². The maximum absolute atomic E-state index is 13.1. The van der Waals surface area contributed by atoms with E-state index in [9.17, 15) is 4.39 Å². The first-order chi connectivity index (χ1) is 9.22. The van der Waals surface area contributed by atoms with Crippen molar-refractivity contribution in [2.24, 2.45) is 7.05 Å². The van der Waals surface area contributed by atoms with Crippen molar-refractivity contribution in [1.29, 1.82) is 0 Å². The lowest BCUT2D eigenvalue weighted by Gasteiger charge is -2.36. The molecule has 1 aromatic heterocycles. The predicted octanol–water partition coefficient (Wildman–Crippen LogP) is 1.99. The zero-order valence-corrected chi connectivity index (χ0v) is 10.9. The number of rotatable bonds is 4. The molecule has 0 unspecified atom stereocenters. The number of halogens is 1. The molecule has 1 saturated carbocycles. The molecule has 1 N–H and O–H groups in total. The van der Waals surface area contributed by atoms with Gasteiger partial charge in [-0.15, -0.1) is 10.2 Å². The molecular weight excluding hydrogens is 243 g/mol. The fourth-order valence-electron chi connectivity index (χ4n) is 2.52. The minimum atomic E-state index is -0.145. The highest BCUT2D eigenvalue weighted by Gasteiger charge is 2.30. The SMILES string of the molecule is Cn1cnnc1CNC1CC(c2cccc(F)c2)C1. The standard InChI is InChI=1S/C14H17FN4/c1-19-9-17-18-14(19)8-16-13-6-11(7-13)10-3-2-4-12(15)5-10/h2-5,9,11,13,16H,6-8H2,1H3. The molecule has 1 aliphatic rings. The predicted molar refractivity (Wildman–Crippen MR) is 70.0 cm³/mol. The van der Waals surface area contributed by atoms with Gasteiger partial charge in [-0.2, -0.15) is 0 Å². The fraction of sp³-hybridized carbons (Fsp3) is 0.429. The summed E-state index contributed by atoms with van der Waals surface area (Å²) in [5, 5.41) is 11.3. The summed E-state index contributed by atoms with van der Waals surface area (Å²) in [4.78, 5) is 0. The van der Waals surface area contributed by atoms with Gasteiger partial charge in [-0.1, -0.05) is 12.1 Å². The minimum absolute atomic E-state index is 0.145. The lowest BCUT2D eigenvalue weighted by atomic mass is 9.76. The van der Waals surface area contributed by atoms with Crippen molar-refractivity contribution >= 4 is 0 Å². The van der Waals surface area contributed by atoms with Crippen molar-refractivity contribution in [3.63, 3.8) is 0 Å². The third-order valence-corrected chi connectivity index (χ3v) is 3.81. The van der Waals surface area contributed by atoms with E-state index in [2.05, 4.69) is 15.5 Å². The van der Waals surface area contributed by atoms with E-state index in [0.717, 1.165) is 30.8 Å². The number of nitrogens with zero attached hydrogens (tertiary/aromatic N) is 3. The molecule has 4 nitrogen and oxygen atoms in total. The molecule has 3 rings (SSSR count). The van der Waals surface area contributed by atoms with Crippen LogP contribution in [0.15, 0.2) is 30.6 Å². The Morgan fingerprint density at radius 1 is 1.42 bits per heavy atom. The molecule has 1 aliphatic carbocycles. The zero-order valence-electron chi connectivity index (χ0n) is 10.9. The van der Waals surface area contributed by atoms with Crippen molar-refractivity contribution in [3.8, 4) is 0 Å². The second-order valence-corrected chi connectivity index (χ2v) is 5.16. The van der Waals surface area contributed by atoms with Crippen LogP contribution in [0.4, 0.5) is 4.39 Å². The van der Waals surface area contributed by atoms with Gasteiger partial charge < -0.3 is 9.88 Å². The number of hydrogen-bond donors (Lipinski definition) is 1. The summed E-state index contributed by atoms with van der Waals surface area (Å²) in [7, 11) is 1.94. The first kappa shape index (κ1) is 12.3. The van der Waals surface area contributed by atoms with Gasteiger partial charge in [0.25, 0.3) is 0 Å².